The van der Waals surface area contributed by atoms with E-state index in [0.717, 1.165) is 5.56 Å². The highest BCUT2D eigenvalue weighted by atomic mass is 16.5. The Morgan fingerprint density at radius 2 is 1.19 bits per heavy atom. The highest BCUT2D eigenvalue weighted by Gasteiger charge is 2.32. The number of methoxy groups -OCH3 is 1. The number of ether oxygens (including phenoxy) is 3. The summed E-state index contributed by atoms with van der Waals surface area (Å²) in [6.45, 7) is 2.82. The van der Waals surface area contributed by atoms with Crippen LogP contribution in [0, 0.1) is 11.8 Å². The van der Waals surface area contributed by atoms with E-state index in [0.29, 0.717) is 25.4 Å². The molecule has 4 atom stereocenters. The molecule has 0 spiro atoms. The van der Waals surface area contributed by atoms with Crippen molar-refractivity contribution >= 4 is 41.1 Å². The Bertz CT molecular complexity index is 1580. The van der Waals surface area contributed by atoms with Gasteiger partial charge in [0, 0.05) is 58.1 Å². The zero-order valence-corrected chi connectivity index (χ0v) is 32.3. The lowest BCUT2D eigenvalue weighted by Crippen LogP contribution is -2.48. The van der Waals surface area contributed by atoms with Crippen LogP contribution < -0.4 is 26.9 Å². The third-order valence-corrected chi connectivity index (χ3v) is 8.79. The van der Waals surface area contributed by atoms with E-state index >= 15 is 0 Å². The Labute approximate surface area is 331 Å². The molecule has 2 aromatic rings. The van der Waals surface area contributed by atoms with E-state index in [1.54, 1.807) is 49.6 Å². The van der Waals surface area contributed by atoms with Gasteiger partial charge in [0.15, 0.2) is 11.6 Å². The first-order chi connectivity index (χ1) is 27.4. The highest BCUT2D eigenvalue weighted by Crippen LogP contribution is 2.21. The molecule has 0 aliphatic carbocycles. The van der Waals surface area contributed by atoms with Crippen molar-refractivity contribution in [1.82, 2.24) is 26.9 Å². The van der Waals surface area contributed by atoms with Crippen molar-refractivity contribution in [3.05, 3.63) is 65.7 Å². The fourth-order valence-corrected chi connectivity index (χ4v) is 5.76. The van der Waals surface area contributed by atoms with E-state index < -0.39 is 77.9 Å². The number of rotatable bonds is 29. The lowest BCUT2D eigenvalue weighted by atomic mass is 9.88. The molecule has 0 aromatic heterocycles. The Morgan fingerprint density at radius 3 is 1.81 bits per heavy atom. The number of benzene rings is 2. The second-order valence-corrected chi connectivity index (χ2v) is 13.3. The summed E-state index contributed by atoms with van der Waals surface area (Å²) >= 11 is 0. The number of aromatic hydroxyl groups is 1. The third kappa shape index (κ3) is 19.9. The first-order valence-electron chi connectivity index (χ1n) is 18.6. The van der Waals surface area contributed by atoms with Crippen molar-refractivity contribution in [3.63, 3.8) is 0 Å². The van der Waals surface area contributed by atoms with Crippen LogP contribution in [0.25, 0.3) is 0 Å². The number of hydrogen-bond donors (Lipinski definition) is 8. The average Bonchev–Trinajstić information content (AvgIpc) is 3.20. The number of nitrogens with one attached hydrogen (secondary N) is 5. The Kier molecular flexibility index (Phi) is 23.0. The maximum Gasteiger partial charge on any atom is 0.243 e. The van der Waals surface area contributed by atoms with Crippen LogP contribution in [0.2, 0.25) is 0 Å². The molecule has 8 N–H and O–H groups in total. The molecular formula is C39H55N5O13. The van der Waals surface area contributed by atoms with Crippen molar-refractivity contribution in [3.8, 4) is 5.75 Å². The Balaban J connectivity index is 2.29. The highest BCUT2D eigenvalue weighted by molar-refractivity contribution is 5.96. The summed E-state index contributed by atoms with van der Waals surface area (Å²) in [6.07, 6.45) is -1.93. The van der Waals surface area contributed by atoms with Crippen molar-refractivity contribution < 1.29 is 63.3 Å². The van der Waals surface area contributed by atoms with Gasteiger partial charge in [0.1, 0.15) is 5.75 Å². The maximum atomic E-state index is 14.1. The third-order valence-electron chi connectivity index (χ3n) is 8.79. The predicted molar refractivity (Wildman–Crippen MR) is 203 cm³/mol. The molecule has 57 heavy (non-hydrogen) atoms. The molecule has 0 aliphatic heterocycles. The number of carbonyl (C=O) groups is 7. The van der Waals surface area contributed by atoms with Gasteiger partial charge in [-0.3, -0.25) is 44.0 Å². The zero-order chi connectivity index (χ0) is 42.0. The number of hydroxylamine groups is 2. The van der Waals surface area contributed by atoms with Gasteiger partial charge in [-0.25, -0.2) is 11.0 Å². The van der Waals surface area contributed by atoms with Gasteiger partial charge >= 0.3 is 0 Å². The maximum absolute atomic E-state index is 14.1. The van der Waals surface area contributed by atoms with Crippen molar-refractivity contribution in [2.45, 2.75) is 70.4 Å². The van der Waals surface area contributed by atoms with Crippen LogP contribution in [0.15, 0.2) is 54.6 Å². The number of carbonyl (C=O) groups excluding carboxylic acids is 7. The van der Waals surface area contributed by atoms with Crippen molar-refractivity contribution in [1.29, 1.82) is 0 Å². The van der Waals surface area contributed by atoms with E-state index in [-0.39, 0.29) is 64.0 Å². The van der Waals surface area contributed by atoms with Gasteiger partial charge in [-0.15, -0.1) is 0 Å². The van der Waals surface area contributed by atoms with Crippen LogP contribution in [-0.2, 0) is 60.6 Å². The fourth-order valence-electron chi connectivity index (χ4n) is 5.76. The quantitative estimate of drug-likeness (QED) is 0.0320. The Hall–Kier alpha value is -5.27. The monoisotopic (exact) mass is 801 g/mol. The van der Waals surface area contributed by atoms with E-state index in [4.69, 9.17) is 24.6 Å². The smallest absolute Gasteiger partial charge is 0.243 e. The second-order valence-electron chi connectivity index (χ2n) is 13.3. The topological polar surface area (TPSA) is 268 Å². The summed E-state index contributed by atoms with van der Waals surface area (Å²) < 4.78 is 15.6. The van der Waals surface area contributed by atoms with Gasteiger partial charge in [-0.2, -0.15) is 0 Å². The molecule has 314 valence electrons. The number of amides is 5. The molecule has 18 nitrogen and oxygen atoms in total. The molecule has 2 aromatic carbocycles. The Morgan fingerprint density at radius 1 is 0.632 bits per heavy atom. The van der Waals surface area contributed by atoms with Crippen LogP contribution in [0.3, 0.4) is 0 Å². The fraction of sp³-hybridized carbons (Fsp3) is 0.513. The average molecular weight is 802 g/mol. The molecule has 2 rings (SSSR count). The van der Waals surface area contributed by atoms with Gasteiger partial charge in [0.2, 0.25) is 29.5 Å². The molecule has 0 fully saturated rings. The van der Waals surface area contributed by atoms with E-state index in [2.05, 4.69) is 16.0 Å². The summed E-state index contributed by atoms with van der Waals surface area (Å²) in [7, 11) is 1.55. The molecule has 2 unspecified atom stereocenters. The molecule has 0 radical (unpaired) electrons. The first-order valence-corrected chi connectivity index (χ1v) is 18.6. The van der Waals surface area contributed by atoms with Crippen LogP contribution in [0.4, 0.5) is 0 Å². The number of phenols is 1. The van der Waals surface area contributed by atoms with E-state index in [1.165, 1.54) is 30.0 Å². The van der Waals surface area contributed by atoms with Crippen LogP contribution in [0.5, 0.6) is 5.75 Å². The molecule has 0 saturated carbocycles. The lowest BCUT2D eigenvalue weighted by molar-refractivity contribution is -0.136. The lowest BCUT2D eigenvalue weighted by Gasteiger charge is -2.25. The summed E-state index contributed by atoms with van der Waals surface area (Å²) in [6, 6.07) is 12.5. The van der Waals surface area contributed by atoms with E-state index in [9.17, 15) is 38.7 Å². The van der Waals surface area contributed by atoms with Crippen LogP contribution in [-0.4, -0.2) is 115 Å². The van der Waals surface area contributed by atoms with Gasteiger partial charge in [-0.05, 0) is 48.9 Å². The minimum atomic E-state index is -1.38. The van der Waals surface area contributed by atoms with Gasteiger partial charge < -0.3 is 35.3 Å². The molecule has 5 amide bonds. The van der Waals surface area contributed by atoms with Crippen LogP contribution in [0.1, 0.15) is 56.6 Å². The SMILES string of the molecule is COCCOCCOCCNC(=O)C(CCC(=O)NO)CC(=O)C(CCC(=O)NO)NC(=O)[C@@H](CC(=O)[C@@H](Cc1ccccc1)NC(C)=O)Cc1ccc(O)cc1. The van der Waals surface area contributed by atoms with Gasteiger partial charge in [0.05, 0.1) is 45.1 Å². The van der Waals surface area contributed by atoms with Crippen LogP contribution >= 0.6 is 0 Å². The molecule has 0 heterocycles. The first kappa shape index (κ1) is 47.9. The molecule has 0 aliphatic rings. The number of hydrogen-bond acceptors (Lipinski definition) is 13. The number of phenolic OH excluding ortho intramolecular Hbond substituents is 1. The van der Waals surface area contributed by atoms with E-state index in [1.807, 2.05) is 0 Å². The zero-order valence-electron chi connectivity index (χ0n) is 32.3. The second kappa shape index (κ2) is 27.3. The van der Waals surface area contributed by atoms with Gasteiger partial charge in [-0.1, -0.05) is 42.5 Å². The largest absolute Gasteiger partial charge is 0.508 e. The summed E-state index contributed by atoms with van der Waals surface area (Å²) in [4.78, 5) is 91.0. The normalized spacial score (nSPS) is 13.0. The molecule has 0 saturated heterocycles. The van der Waals surface area contributed by atoms with Crippen molar-refractivity contribution in [2.24, 2.45) is 11.8 Å². The number of Topliss-reactive ketones (excluding diaryl/α,β-unsaturated/α-hetero) is 2. The minimum absolute atomic E-state index is 0.0172. The predicted octanol–water partition coefficient (Wildman–Crippen LogP) is 0.685. The minimum Gasteiger partial charge on any atom is -0.508 e. The molecule has 18 heteroatoms. The summed E-state index contributed by atoms with van der Waals surface area (Å²) in [5, 5.41) is 35.9. The molecule has 0 bridgehead atoms. The standard InChI is InChI=1S/C39H55N5O13/c1-26(45)41-33(23-27-6-4-3-5-7-27)35(48)25-30(22-28-8-11-31(46)12-9-28)39(52)42-32(13-15-37(50)44-54)34(47)24-29(10-14-36(49)43-53)38(51)40-16-17-56-20-21-57-19-18-55-2/h3-9,11-12,29-30,32-33,46,53-54H,10,13-25H2,1-2H3,(H,40,51)(H,41,45)(H,42,52)(H,43,49)(H,44,50)/t29?,30-,32?,33-/m1/s1. The van der Waals surface area contributed by atoms with Crippen molar-refractivity contribution in [2.75, 3.05) is 46.7 Å². The summed E-state index contributed by atoms with van der Waals surface area (Å²) in [5.41, 5.74) is 4.30. The number of ketones is 2. The molecular weight excluding hydrogens is 746 g/mol. The van der Waals surface area contributed by atoms with Gasteiger partial charge in [0.25, 0.3) is 0 Å². The summed E-state index contributed by atoms with van der Waals surface area (Å²) in [5.74, 6) is -6.84.